The molecule has 0 radical (unpaired) electrons. The summed E-state index contributed by atoms with van der Waals surface area (Å²) >= 11 is 0. The molecule has 656 valence electrons. The summed E-state index contributed by atoms with van der Waals surface area (Å²) in [7, 11) is 0. The van der Waals surface area contributed by atoms with Crippen LogP contribution in [0.25, 0.3) is 0 Å². The van der Waals surface area contributed by atoms with Crippen molar-refractivity contribution in [2.45, 2.75) is 388 Å². The molecule has 0 aliphatic heterocycles. The third kappa shape index (κ3) is 58.6. The number of aliphatic hydroxyl groups excluding tert-OH is 5. The van der Waals surface area contributed by atoms with E-state index in [2.05, 4.69) is 33.5 Å². The lowest BCUT2D eigenvalue weighted by molar-refractivity contribution is -0.148. The van der Waals surface area contributed by atoms with Gasteiger partial charge >= 0.3 is 36.6 Å². The Morgan fingerprint density at radius 3 is 1.00 bits per heavy atom. The molecule has 112 heavy (non-hydrogen) atoms. The van der Waals surface area contributed by atoms with Gasteiger partial charge in [0.2, 0.25) is 11.8 Å². The standard InChI is InChI=1S/C83H159N9O20/c1-20-21-22-23-24-28-31-37-48-64(88-66(95)49-38-32-29-26-25-27-30-34-39-51-85-71(100)69(98)68(97)67(96)65(94)62-93)70(99)84-50-40-35-33-36-47-63(60-91(76(105)111-82(14,15)16)56-43-41-54-89(74(103)109-80(8,9)10)58-45-52-86-72(101)107-78(2,3)4)61-92(77(106)112-83(17,18)19)57-44-42-55-90(75(104)110-81(11,12)13)59-46-53-87-73(102)108-79(5,6)7/h63-65,67-69,93-94,96-98H,20-62H2,1-19H3,(H,84,99)(H,85,100)(H,86,101)(H,87,102)(H,88,95)/t64?,65-,67+,68-,69+/m1/s1. The lowest BCUT2D eigenvalue weighted by Crippen LogP contribution is -2.51. The highest BCUT2D eigenvalue weighted by atomic mass is 16.6. The first kappa shape index (κ1) is 106. The second kappa shape index (κ2) is 57.0. The smallest absolute Gasteiger partial charge is 0.410 e. The fourth-order valence-corrected chi connectivity index (χ4v) is 11.9. The zero-order chi connectivity index (χ0) is 85.2. The molecule has 0 saturated carbocycles. The van der Waals surface area contributed by atoms with Gasteiger partial charge in [-0.3, -0.25) is 14.4 Å². The van der Waals surface area contributed by atoms with Crippen LogP contribution in [0.3, 0.4) is 0 Å². The average Bonchev–Trinajstić information content (AvgIpc) is 0.851. The van der Waals surface area contributed by atoms with Crippen LogP contribution in [0, 0.1) is 5.92 Å². The maximum Gasteiger partial charge on any atom is 0.410 e. The van der Waals surface area contributed by atoms with Crippen molar-refractivity contribution in [2.24, 2.45) is 5.92 Å². The molecule has 0 bridgehead atoms. The Bertz CT molecular complexity index is 2510. The van der Waals surface area contributed by atoms with E-state index in [1.54, 1.807) is 144 Å². The summed E-state index contributed by atoms with van der Waals surface area (Å²) in [4.78, 5) is 127. The van der Waals surface area contributed by atoms with Crippen molar-refractivity contribution in [1.29, 1.82) is 0 Å². The highest BCUT2D eigenvalue weighted by molar-refractivity contribution is 5.87. The van der Waals surface area contributed by atoms with E-state index in [0.29, 0.717) is 103 Å². The topological polar surface area (TPSA) is 383 Å². The molecule has 0 fully saturated rings. The molecule has 0 aliphatic rings. The number of carbonyl (C=O) groups is 9. The Hall–Kier alpha value is -6.17. The third-order valence-electron chi connectivity index (χ3n) is 17.6. The normalized spacial score (nSPS) is 13.5. The zero-order valence-corrected chi connectivity index (χ0v) is 73.0. The van der Waals surface area contributed by atoms with Gasteiger partial charge in [-0.2, -0.15) is 0 Å². The molecule has 9 amide bonds. The largest absolute Gasteiger partial charge is 0.444 e. The van der Waals surface area contributed by atoms with Crippen LogP contribution in [-0.4, -0.2) is 249 Å². The van der Waals surface area contributed by atoms with Crippen molar-refractivity contribution >= 4 is 54.3 Å². The molecule has 29 nitrogen and oxygen atoms in total. The van der Waals surface area contributed by atoms with E-state index < -0.39 is 113 Å². The fourth-order valence-electron chi connectivity index (χ4n) is 11.9. The van der Waals surface area contributed by atoms with E-state index in [1.807, 2.05) is 0 Å². The molecule has 0 aromatic rings. The first-order valence-electron chi connectivity index (χ1n) is 42.2. The van der Waals surface area contributed by atoms with Gasteiger partial charge in [-0.05, 0) is 201 Å². The van der Waals surface area contributed by atoms with Crippen molar-refractivity contribution < 1.29 is 97.1 Å². The number of hydrogen-bond acceptors (Lipinski definition) is 20. The van der Waals surface area contributed by atoms with E-state index in [-0.39, 0.29) is 76.6 Å². The van der Waals surface area contributed by atoms with Crippen molar-refractivity contribution in [2.75, 3.05) is 85.1 Å². The number of nitrogens with zero attached hydrogens (tertiary/aromatic N) is 4. The molecule has 0 aliphatic carbocycles. The first-order valence-corrected chi connectivity index (χ1v) is 42.2. The van der Waals surface area contributed by atoms with Crippen molar-refractivity contribution in [1.82, 2.24) is 46.2 Å². The fraction of sp³-hybridized carbons (Fsp3) is 0.892. The summed E-state index contributed by atoms with van der Waals surface area (Å²) in [6.07, 6.45) is 13.1. The van der Waals surface area contributed by atoms with Gasteiger partial charge in [0.1, 0.15) is 58.0 Å². The minimum atomic E-state index is -1.96. The Kier molecular flexibility index (Phi) is 53.8. The molecule has 5 atom stereocenters. The van der Waals surface area contributed by atoms with Crippen LogP contribution in [0.2, 0.25) is 0 Å². The summed E-state index contributed by atoms with van der Waals surface area (Å²) in [6, 6.07) is -0.662. The number of nitrogens with one attached hydrogen (secondary N) is 5. The van der Waals surface area contributed by atoms with Gasteiger partial charge in [-0.25, -0.2) is 28.8 Å². The van der Waals surface area contributed by atoms with Gasteiger partial charge in [0.25, 0.3) is 5.91 Å². The summed E-state index contributed by atoms with van der Waals surface area (Å²) < 4.78 is 34.5. The minimum Gasteiger partial charge on any atom is -0.444 e. The molecule has 0 heterocycles. The Balaban J connectivity index is 6.59. The molecule has 0 aromatic heterocycles. The number of rotatable bonds is 57. The number of aliphatic hydroxyl groups is 5. The Morgan fingerprint density at radius 1 is 0.330 bits per heavy atom. The van der Waals surface area contributed by atoms with Crippen LogP contribution in [0.5, 0.6) is 0 Å². The maximum atomic E-state index is 14.5. The number of hydrogen-bond donors (Lipinski definition) is 10. The number of alkyl carbamates (subject to hydrolysis) is 2. The highest BCUT2D eigenvalue weighted by Gasteiger charge is 2.35. The Morgan fingerprint density at radius 2 is 0.634 bits per heavy atom. The van der Waals surface area contributed by atoms with Gasteiger partial charge in [0, 0.05) is 85.0 Å². The number of unbranched alkanes of at least 4 members (excludes halogenated alkanes) is 20. The van der Waals surface area contributed by atoms with Gasteiger partial charge < -0.3 is 100 Å². The summed E-state index contributed by atoms with van der Waals surface area (Å²) in [5.41, 5.74) is -4.60. The molecule has 0 rings (SSSR count). The molecule has 1 unspecified atom stereocenters. The number of amides is 9. The summed E-state index contributed by atoms with van der Waals surface area (Å²) in [5.74, 6) is -1.53. The van der Waals surface area contributed by atoms with E-state index >= 15 is 0 Å². The van der Waals surface area contributed by atoms with E-state index in [0.717, 1.165) is 83.5 Å². The second-order valence-corrected chi connectivity index (χ2v) is 35.9. The second-order valence-electron chi connectivity index (χ2n) is 35.9. The third-order valence-corrected chi connectivity index (χ3v) is 17.6. The molecule has 29 heteroatoms. The van der Waals surface area contributed by atoms with Crippen LogP contribution >= 0.6 is 0 Å². The predicted molar refractivity (Wildman–Crippen MR) is 436 cm³/mol. The lowest BCUT2D eigenvalue weighted by atomic mass is 9.98. The molecule has 0 saturated heterocycles. The van der Waals surface area contributed by atoms with Crippen LogP contribution in [0.4, 0.5) is 28.8 Å². The minimum absolute atomic E-state index is 0.149. The zero-order valence-electron chi connectivity index (χ0n) is 73.0. The molecule has 10 N–H and O–H groups in total. The maximum absolute atomic E-state index is 14.5. The van der Waals surface area contributed by atoms with Crippen molar-refractivity contribution in [3.63, 3.8) is 0 Å². The monoisotopic (exact) mass is 1600 g/mol. The molecular weight excluding hydrogens is 1440 g/mol. The van der Waals surface area contributed by atoms with Crippen LogP contribution in [0.1, 0.15) is 324 Å². The van der Waals surface area contributed by atoms with Gasteiger partial charge in [-0.15, -0.1) is 0 Å². The Labute approximate surface area is 674 Å². The van der Waals surface area contributed by atoms with Crippen LogP contribution < -0.4 is 26.6 Å². The lowest BCUT2D eigenvalue weighted by Gasteiger charge is -2.34. The van der Waals surface area contributed by atoms with E-state index in [1.165, 1.54) is 25.7 Å². The van der Waals surface area contributed by atoms with Crippen molar-refractivity contribution in [3.8, 4) is 0 Å². The quantitative estimate of drug-likeness (QED) is 0.0200. The highest BCUT2D eigenvalue weighted by Crippen LogP contribution is 2.23. The van der Waals surface area contributed by atoms with E-state index in [4.69, 9.17) is 33.5 Å². The van der Waals surface area contributed by atoms with Gasteiger partial charge in [-0.1, -0.05) is 122 Å². The molecule has 0 aromatic carbocycles. The average molecular weight is 1600 g/mol. The van der Waals surface area contributed by atoms with Crippen LogP contribution in [0.15, 0.2) is 0 Å². The molecular formula is C83H159N9O20. The SMILES string of the molecule is CCCCCCCCCCC(NC(=O)CCCCCCCCCCCNC(=O)[C@@H](O)[C@H](O)[C@@H](O)[C@H](O)CO)C(=O)NCCCCCCC(CN(CCCCN(CCCNC(=O)OC(C)(C)C)C(=O)OC(C)(C)C)C(=O)OC(C)(C)C)CN(CCCCN(CCCNC(=O)OC(C)(C)C)C(=O)OC(C)(C)C)C(=O)OC(C)(C)C. The van der Waals surface area contributed by atoms with Crippen molar-refractivity contribution in [3.05, 3.63) is 0 Å². The summed E-state index contributed by atoms with van der Waals surface area (Å²) in [6.45, 7) is 36.9. The predicted octanol–water partition coefficient (Wildman–Crippen LogP) is 13.5. The van der Waals surface area contributed by atoms with Crippen LogP contribution in [-0.2, 0) is 42.8 Å². The molecule has 0 spiro atoms. The first-order chi connectivity index (χ1) is 52.2. The summed E-state index contributed by atoms with van der Waals surface area (Å²) in [5, 5.41) is 62.5. The van der Waals surface area contributed by atoms with Gasteiger partial charge in [0.05, 0.1) is 6.61 Å². The number of carbonyl (C=O) groups excluding carboxylic acids is 9. The number of ether oxygens (including phenoxy) is 6. The van der Waals surface area contributed by atoms with E-state index in [9.17, 15) is 63.6 Å². The van der Waals surface area contributed by atoms with Gasteiger partial charge in [0.15, 0.2) is 6.10 Å².